The van der Waals surface area contributed by atoms with E-state index in [1.54, 1.807) is 23.1 Å². The van der Waals surface area contributed by atoms with Crippen LogP contribution in [0.15, 0.2) is 18.2 Å². The third-order valence-corrected chi connectivity index (χ3v) is 3.31. The molecule has 1 aromatic rings. The van der Waals surface area contributed by atoms with Crippen molar-refractivity contribution in [2.45, 2.75) is 39.3 Å². The van der Waals surface area contributed by atoms with Crippen molar-refractivity contribution < 1.29 is 19.1 Å². The SMILES string of the molecule is CC[C@@H]1Oc2cc(C(=O)OC)ccc2N(C(C)C)C1=O. The van der Waals surface area contributed by atoms with Gasteiger partial charge in [-0.25, -0.2) is 4.79 Å². The molecule has 1 aliphatic rings. The highest BCUT2D eigenvalue weighted by Gasteiger charge is 2.35. The van der Waals surface area contributed by atoms with Gasteiger partial charge in [0.1, 0.15) is 5.75 Å². The molecular formula is C15H19NO4. The number of carbonyl (C=O) groups excluding carboxylic acids is 2. The van der Waals surface area contributed by atoms with E-state index in [0.717, 1.165) is 0 Å². The van der Waals surface area contributed by atoms with Gasteiger partial charge in [-0.1, -0.05) is 6.92 Å². The molecule has 0 spiro atoms. The third kappa shape index (κ3) is 2.35. The summed E-state index contributed by atoms with van der Waals surface area (Å²) in [6, 6.07) is 5.03. The molecule has 5 heteroatoms. The van der Waals surface area contributed by atoms with Crippen LogP contribution in [0, 0.1) is 0 Å². The van der Waals surface area contributed by atoms with Crippen LogP contribution in [0.25, 0.3) is 0 Å². The van der Waals surface area contributed by atoms with Crippen molar-refractivity contribution in [3.63, 3.8) is 0 Å². The van der Waals surface area contributed by atoms with Crippen molar-refractivity contribution in [1.29, 1.82) is 0 Å². The van der Waals surface area contributed by atoms with Crippen LogP contribution in [-0.4, -0.2) is 31.1 Å². The standard InChI is InChI=1S/C15H19NO4/c1-5-12-14(17)16(9(2)3)11-7-6-10(15(18)19-4)8-13(11)20-12/h6-9,12H,5H2,1-4H3/t12-/m0/s1. The normalized spacial score (nSPS) is 17.8. The number of benzene rings is 1. The maximum absolute atomic E-state index is 12.3. The second-order valence-electron chi connectivity index (χ2n) is 4.99. The van der Waals surface area contributed by atoms with Crippen molar-refractivity contribution in [3.8, 4) is 5.75 Å². The van der Waals surface area contributed by atoms with Crippen molar-refractivity contribution in [3.05, 3.63) is 23.8 Å². The van der Waals surface area contributed by atoms with E-state index in [9.17, 15) is 9.59 Å². The smallest absolute Gasteiger partial charge is 0.337 e. The summed E-state index contributed by atoms with van der Waals surface area (Å²) in [6.45, 7) is 5.80. The Hall–Kier alpha value is -2.04. The van der Waals surface area contributed by atoms with Gasteiger partial charge in [0.05, 0.1) is 18.4 Å². The Kier molecular flexibility index (Phi) is 3.97. The third-order valence-electron chi connectivity index (χ3n) is 3.31. The first-order valence-electron chi connectivity index (χ1n) is 6.71. The average Bonchev–Trinajstić information content (AvgIpc) is 2.44. The van der Waals surface area contributed by atoms with E-state index in [4.69, 9.17) is 9.47 Å². The Labute approximate surface area is 118 Å². The Morgan fingerprint density at radius 1 is 1.45 bits per heavy atom. The van der Waals surface area contributed by atoms with Gasteiger partial charge in [-0.3, -0.25) is 4.79 Å². The molecule has 20 heavy (non-hydrogen) atoms. The number of anilines is 1. The molecule has 0 saturated heterocycles. The molecular weight excluding hydrogens is 258 g/mol. The van der Waals surface area contributed by atoms with Crippen LogP contribution in [0.4, 0.5) is 5.69 Å². The molecule has 1 aliphatic heterocycles. The van der Waals surface area contributed by atoms with E-state index in [1.165, 1.54) is 7.11 Å². The van der Waals surface area contributed by atoms with E-state index < -0.39 is 12.1 Å². The van der Waals surface area contributed by atoms with Crippen molar-refractivity contribution in [2.75, 3.05) is 12.0 Å². The molecule has 0 unspecified atom stereocenters. The van der Waals surface area contributed by atoms with E-state index in [-0.39, 0.29) is 11.9 Å². The summed E-state index contributed by atoms with van der Waals surface area (Å²) in [5.41, 5.74) is 1.11. The predicted octanol–water partition coefficient (Wildman–Crippen LogP) is 2.39. The van der Waals surface area contributed by atoms with Crippen LogP contribution in [-0.2, 0) is 9.53 Å². The second kappa shape index (κ2) is 5.53. The Balaban J connectivity index is 2.48. The Bertz CT molecular complexity index is 539. The minimum absolute atomic E-state index is 0.0307. The van der Waals surface area contributed by atoms with Crippen LogP contribution in [0.5, 0.6) is 5.75 Å². The lowest BCUT2D eigenvalue weighted by Gasteiger charge is -2.36. The van der Waals surface area contributed by atoms with Gasteiger partial charge in [0.15, 0.2) is 6.10 Å². The van der Waals surface area contributed by atoms with Gasteiger partial charge in [-0.15, -0.1) is 0 Å². The van der Waals surface area contributed by atoms with E-state index >= 15 is 0 Å². The molecule has 0 aliphatic carbocycles. The number of esters is 1. The summed E-state index contributed by atoms with van der Waals surface area (Å²) in [4.78, 5) is 25.6. The molecule has 1 amide bonds. The topological polar surface area (TPSA) is 55.8 Å². The summed E-state index contributed by atoms with van der Waals surface area (Å²) in [5, 5.41) is 0. The molecule has 0 bridgehead atoms. The van der Waals surface area contributed by atoms with Crippen molar-refractivity contribution in [1.82, 2.24) is 0 Å². The number of carbonyl (C=O) groups is 2. The number of hydrogen-bond donors (Lipinski definition) is 0. The highest BCUT2D eigenvalue weighted by molar-refractivity contribution is 6.01. The first-order chi connectivity index (χ1) is 9.49. The number of rotatable bonds is 3. The van der Waals surface area contributed by atoms with Crippen LogP contribution in [0.3, 0.4) is 0 Å². The van der Waals surface area contributed by atoms with E-state index in [1.807, 2.05) is 20.8 Å². The molecule has 1 heterocycles. The first kappa shape index (κ1) is 14.4. The lowest BCUT2D eigenvalue weighted by Crippen LogP contribution is -2.48. The summed E-state index contributed by atoms with van der Waals surface area (Å²) < 4.78 is 10.4. The summed E-state index contributed by atoms with van der Waals surface area (Å²) in [6.07, 6.45) is 0.0852. The molecule has 0 fully saturated rings. The summed E-state index contributed by atoms with van der Waals surface area (Å²) >= 11 is 0. The zero-order valence-corrected chi connectivity index (χ0v) is 12.2. The molecule has 5 nitrogen and oxygen atoms in total. The van der Waals surface area contributed by atoms with Crippen LogP contribution in [0.2, 0.25) is 0 Å². The lowest BCUT2D eigenvalue weighted by atomic mass is 10.1. The van der Waals surface area contributed by atoms with Gasteiger partial charge in [0.25, 0.3) is 5.91 Å². The molecule has 108 valence electrons. The van der Waals surface area contributed by atoms with Crippen molar-refractivity contribution >= 4 is 17.6 Å². The fourth-order valence-corrected chi connectivity index (χ4v) is 2.32. The number of fused-ring (bicyclic) bond motifs is 1. The van der Waals surface area contributed by atoms with E-state index in [2.05, 4.69) is 0 Å². The molecule has 0 aromatic heterocycles. The van der Waals surface area contributed by atoms with Gasteiger partial charge < -0.3 is 14.4 Å². The second-order valence-corrected chi connectivity index (χ2v) is 4.99. The number of hydrogen-bond acceptors (Lipinski definition) is 4. The fourth-order valence-electron chi connectivity index (χ4n) is 2.32. The Morgan fingerprint density at radius 2 is 2.15 bits per heavy atom. The summed E-state index contributed by atoms with van der Waals surface area (Å²) in [5.74, 6) is 0.0892. The molecule has 0 radical (unpaired) electrons. The monoisotopic (exact) mass is 277 g/mol. The average molecular weight is 277 g/mol. The number of amides is 1. The number of nitrogens with zero attached hydrogens (tertiary/aromatic N) is 1. The fraction of sp³-hybridized carbons (Fsp3) is 0.467. The summed E-state index contributed by atoms with van der Waals surface area (Å²) in [7, 11) is 1.33. The van der Waals surface area contributed by atoms with Crippen LogP contribution in [0.1, 0.15) is 37.6 Å². The highest BCUT2D eigenvalue weighted by Crippen LogP contribution is 2.36. The zero-order chi connectivity index (χ0) is 14.9. The van der Waals surface area contributed by atoms with Gasteiger partial charge in [-0.05, 0) is 38.5 Å². The van der Waals surface area contributed by atoms with Gasteiger partial charge >= 0.3 is 5.97 Å². The maximum atomic E-state index is 12.3. The van der Waals surface area contributed by atoms with Crippen LogP contribution >= 0.6 is 0 Å². The number of ether oxygens (including phenoxy) is 2. The first-order valence-corrected chi connectivity index (χ1v) is 6.71. The molecule has 1 atom stereocenters. The highest BCUT2D eigenvalue weighted by atomic mass is 16.5. The number of methoxy groups -OCH3 is 1. The minimum atomic E-state index is -0.502. The predicted molar refractivity (Wildman–Crippen MR) is 75.1 cm³/mol. The van der Waals surface area contributed by atoms with Crippen LogP contribution < -0.4 is 9.64 Å². The molecule has 0 saturated carbocycles. The minimum Gasteiger partial charge on any atom is -0.478 e. The largest absolute Gasteiger partial charge is 0.478 e. The van der Waals surface area contributed by atoms with E-state index in [0.29, 0.717) is 23.4 Å². The molecule has 1 aromatic carbocycles. The van der Waals surface area contributed by atoms with Gasteiger partial charge in [0.2, 0.25) is 0 Å². The molecule has 0 N–H and O–H groups in total. The quantitative estimate of drug-likeness (QED) is 0.796. The Morgan fingerprint density at radius 3 is 2.70 bits per heavy atom. The maximum Gasteiger partial charge on any atom is 0.337 e. The van der Waals surface area contributed by atoms with Gasteiger partial charge in [0, 0.05) is 6.04 Å². The zero-order valence-electron chi connectivity index (χ0n) is 12.2. The van der Waals surface area contributed by atoms with Gasteiger partial charge in [-0.2, -0.15) is 0 Å². The lowest BCUT2D eigenvalue weighted by molar-refractivity contribution is -0.126. The van der Waals surface area contributed by atoms with Crippen molar-refractivity contribution in [2.24, 2.45) is 0 Å². The molecule has 2 rings (SSSR count).